The molecule has 4 nitrogen and oxygen atoms in total. The van der Waals surface area contributed by atoms with Gasteiger partial charge in [-0.05, 0) is 18.3 Å². The number of ether oxygens (including phenoxy) is 1. The van der Waals surface area contributed by atoms with E-state index in [1.807, 2.05) is 4.90 Å². The van der Waals surface area contributed by atoms with Crippen molar-refractivity contribution < 1.29 is 14.6 Å². The molecule has 0 aliphatic carbocycles. The van der Waals surface area contributed by atoms with Gasteiger partial charge in [0.1, 0.15) is 6.61 Å². The molecule has 19 heavy (non-hydrogen) atoms. The third-order valence-corrected chi connectivity index (χ3v) is 4.06. The fourth-order valence-corrected chi connectivity index (χ4v) is 2.66. The predicted octanol–water partition coefficient (Wildman–Crippen LogP) is 1.77. The van der Waals surface area contributed by atoms with Gasteiger partial charge in [0.15, 0.2) is 12.0 Å². The second-order valence-electron chi connectivity index (χ2n) is 5.51. The summed E-state index contributed by atoms with van der Waals surface area (Å²) in [6, 6.07) is 2.82. The van der Waals surface area contributed by atoms with Gasteiger partial charge in [0.05, 0.1) is 6.61 Å². The van der Waals surface area contributed by atoms with E-state index in [0.29, 0.717) is 13.0 Å². The fourth-order valence-electron chi connectivity index (χ4n) is 2.66. The third kappa shape index (κ3) is 3.95. The molecular weight excluding hydrogens is 242 g/mol. The number of epoxide rings is 1. The number of Topliss-reactive ketones (excluding diaryl/α,β-unsaturated/α-hetero) is 1. The molecule has 0 unspecified atom stereocenters. The molecule has 0 aromatic heterocycles. The lowest BCUT2D eigenvalue weighted by molar-refractivity contribution is -0.125. The summed E-state index contributed by atoms with van der Waals surface area (Å²) in [4.78, 5) is 13.6. The van der Waals surface area contributed by atoms with Crippen molar-refractivity contribution in [3.63, 3.8) is 0 Å². The van der Waals surface area contributed by atoms with Crippen LogP contribution in [0.25, 0.3) is 0 Å². The van der Waals surface area contributed by atoms with Crippen molar-refractivity contribution in [1.82, 2.24) is 4.90 Å². The van der Waals surface area contributed by atoms with Gasteiger partial charge in [0.25, 0.3) is 0 Å². The maximum Gasteiger partial charge on any atom is 0.160 e. The number of nitrogens with zero attached hydrogens (tertiary/aromatic N) is 1. The minimum absolute atomic E-state index is 0.00310. The summed E-state index contributed by atoms with van der Waals surface area (Å²) in [6.07, 6.45) is 8.74. The summed E-state index contributed by atoms with van der Waals surface area (Å²) in [5.74, 6) is -0.126. The number of carbonyl (C=O) groups excluding carboxylic acids is 1. The Morgan fingerprint density at radius 3 is 2.63 bits per heavy atom. The van der Waals surface area contributed by atoms with Crippen LogP contribution in [0.3, 0.4) is 0 Å². The Morgan fingerprint density at radius 1 is 1.63 bits per heavy atom. The van der Waals surface area contributed by atoms with E-state index in [-0.39, 0.29) is 23.5 Å². The van der Waals surface area contributed by atoms with Gasteiger partial charge in [-0.2, -0.15) is 0 Å². The molecule has 1 aliphatic heterocycles. The molecule has 0 bridgehead atoms. The Kier molecular flexibility index (Phi) is 5.84. The second-order valence-corrected chi connectivity index (χ2v) is 5.51. The van der Waals surface area contributed by atoms with Crippen molar-refractivity contribution in [2.45, 2.75) is 58.7 Å². The van der Waals surface area contributed by atoms with E-state index in [1.165, 1.54) is 0 Å². The van der Waals surface area contributed by atoms with Crippen LogP contribution in [0, 0.1) is 17.9 Å². The number of aliphatic hydroxyl groups is 1. The number of rotatable bonds is 9. The minimum Gasteiger partial charge on any atom is -0.389 e. The molecule has 1 heterocycles. The van der Waals surface area contributed by atoms with E-state index in [0.717, 1.165) is 19.3 Å². The van der Waals surface area contributed by atoms with E-state index in [2.05, 4.69) is 26.8 Å². The molecule has 0 radical (unpaired) electrons. The summed E-state index contributed by atoms with van der Waals surface area (Å²) in [5.41, 5.74) is -0.228. The highest BCUT2D eigenvalue weighted by Gasteiger charge is 2.42. The van der Waals surface area contributed by atoms with Crippen LogP contribution in [0.4, 0.5) is 0 Å². The van der Waals surface area contributed by atoms with Gasteiger partial charge in [-0.1, -0.05) is 33.6 Å². The molecule has 0 spiro atoms. The number of hydrogen-bond donors (Lipinski definition) is 1. The first-order chi connectivity index (χ1) is 9.02. The first-order valence-electron chi connectivity index (χ1n) is 7.01. The van der Waals surface area contributed by atoms with Crippen LogP contribution in [0.5, 0.6) is 0 Å². The molecule has 0 saturated carbocycles. The minimum atomic E-state index is -0.398. The Balaban J connectivity index is 2.91. The first-order valence-corrected chi connectivity index (χ1v) is 7.01. The Labute approximate surface area is 116 Å². The molecule has 1 fully saturated rings. The van der Waals surface area contributed by atoms with Gasteiger partial charge in [0, 0.05) is 18.5 Å². The van der Waals surface area contributed by atoms with Crippen molar-refractivity contribution in [2.24, 2.45) is 5.41 Å². The topological polar surface area (TPSA) is 53.1 Å². The van der Waals surface area contributed by atoms with Gasteiger partial charge >= 0.3 is 0 Å². The summed E-state index contributed by atoms with van der Waals surface area (Å²) in [6.45, 7) is 6.52. The number of carbonyl (C=O) groups is 1. The molecule has 4 heteroatoms. The smallest absolute Gasteiger partial charge is 0.160 e. The number of aliphatic hydroxyl groups excluding tert-OH is 1. The summed E-state index contributed by atoms with van der Waals surface area (Å²) < 4.78 is 5.31. The zero-order valence-electron chi connectivity index (χ0n) is 12.2. The van der Waals surface area contributed by atoms with Crippen molar-refractivity contribution in [2.75, 3.05) is 13.2 Å². The van der Waals surface area contributed by atoms with Gasteiger partial charge in [-0.15, -0.1) is 0 Å². The van der Waals surface area contributed by atoms with Gasteiger partial charge in [-0.3, -0.25) is 4.79 Å². The maximum atomic E-state index is 11.6. The summed E-state index contributed by atoms with van der Waals surface area (Å²) >= 11 is 0. The number of ketones is 1. The van der Waals surface area contributed by atoms with Crippen LogP contribution in [0.15, 0.2) is 0 Å². The largest absolute Gasteiger partial charge is 0.389 e. The van der Waals surface area contributed by atoms with Gasteiger partial charge in [-0.25, -0.2) is 0 Å². The molecule has 1 saturated heterocycles. The SMILES string of the molecule is C#CN([C@@H](CCC)[C@@](C)(CC)CC(=O)CO)[C@H]1CO1. The lowest BCUT2D eigenvalue weighted by atomic mass is 9.73. The lowest BCUT2D eigenvalue weighted by Crippen LogP contribution is -2.46. The van der Waals surface area contributed by atoms with E-state index in [9.17, 15) is 4.79 Å². The zero-order chi connectivity index (χ0) is 14.5. The quantitative estimate of drug-likeness (QED) is 0.393. The van der Waals surface area contributed by atoms with Crippen molar-refractivity contribution in [3.05, 3.63) is 0 Å². The predicted molar refractivity (Wildman–Crippen MR) is 74.2 cm³/mol. The molecule has 108 valence electrons. The van der Waals surface area contributed by atoms with Gasteiger partial charge in [0.2, 0.25) is 0 Å². The molecule has 0 aromatic rings. The Hall–Kier alpha value is -1.05. The van der Waals surface area contributed by atoms with E-state index >= 15 is 0 Å². The summed E-state index contributed by atoms with van der Waals surface area (Å²) in [7, 11) is 0. The van der Waals surface area contributed by atoms with E-state index in [4.69, 9.17) is 16.3 Å². The lowest BCUT2D eigenvalue weighted by Gasteiger charge is -2.41. The second kappa shape index (κ2) is 6.93. The fraction of sp³-hybridized carbons (Fsp3) is 0.800. The molecule has 1 rings (SSSR count). The summed E-state index contributed by atoms with van der Waals surface area (Å²) in [5, 5.41) is 8.99. The van der Waals surface area contributed by atoms with Crippen LogP contribution in [-0.2, 0) is 9.53 Å². The Bertz CT molecular complexity index is 346. The number of hydrogen-bond acceptors (Lipinski definition) is 4. The van der Waals surface area contributed by atoms with Gasteiger partial charge < -0.3 is 14.7 Å². The highest BCUT2D eigenvalue weighted by atomic mass is 16.6. The molecule has 0 aromatic carbocycles. The molecular formula is C15H25NO3. The molecule has 3 atom stereocenters. The zero-order valence-corrected chi connectivity index (χ0v) is 12.2. The monoisotopic (exact) mass is 267 g/mol. The van der Waals surface area contributed by atoms with E-state index < -0.39 is 6.61 Å². The van der Waals surface area contributed by atoms with Crippen LogP contribution in [-0.4, -0.2) is 41.3 Å². The molecule has 1 aliphatic rings. The Morgan fingerprint density at radius 2 is 2.26 bits per heavy atom. The third-order valence-electron chi connectivity index (χ3n) is 4.06. The van der Waals surface area contributed by atoms with Crippen LogP contribution in [0.1, 0.15) is 46.5 Å². The van der Waals surface area contributed by atoms with Crippen molar-refractivity contribution in [3.8, 4) is 12.5 Å². The van der Waals surface area contributed by atoms with Crippen LogP contribution < -0.4 is 0 Å². The van der Waals surface area contributed by atoms with E-state index in [1.54, 1.807) is 0 Å². The van der Waals surface area contributed by atoms with Crippen LogP contribution >= 0.6 is 0 Å². The highest BCUT2D eigenvalue weighted by Crippen LogP contribution is 2.38. The average Bonchev–Trinajstić information content (AvgIpc) is 3.23. The number of terminal acetylenes is 1. The van der Waals surface area contributed by atoms with Crippen molar-refractivity contribution in [1.29, 1.82) is 0 Å². The molecule has 1 N–H and O–H groups in total. The van der Waals surface area contributed by atoms with Crippen LogP contribution in [0.2, 0.25) is 0 Å². The maximum absolute atomic E-state index is 11.6. The highest BCUT2D eigenvalue weighted by molar-refractivity contribution is 5.80. The first kappa shape index (κ1) is 16.0. The van der Waals surface area contributed by atoms with Crippen molar-refractivity contribution >= 4 is 5.78 Å². The standard InChI is InChI=1S/C15H25NO3/c1-5-8-13(16(7-3)14-11-19-14)15(4,6-2)9-12(18)10-17/h3,13-14,17H,5-6,8-11H2,1-2,4H3/t13-,14+,15-/m0/s1. The average molecular weight is 267 g/mol. The normalized spacial score (nSPS) is 22.2. The molecule has 0 amide bonds.